The quantitative estimate of drug-likeness (QED) is 0.875. The molecule has 4 rings (SSSR count). The summed E-state index contributed by atoms with van der Waals surface area (Å²) in [5.41, 5.74) is 0.0769. The first-order valence-corrected chi connectivity index (χ1v) is 9.02. The standard InChI is InChI=1S/C20H22F3NO2/c21-20(22,23)18-9-8-16(26-18)12-24-11-14-5-4-10-19(25,17(14)13-24)15-6-2-1-3-7-15/h1-3,6-9,14,17,25H,4-5,10-13H2/t14-,17+,19+/m0/s1. The van der Waals surface area contributed by atoms with Gasteiger partial charge in [-0.3, -0.25) is 4.90 Å². The first-order valence-electron chi connectivity index (χ1n) is 9.02. The zero-order valence-electron chi connectivity index (χ0n) is 14.4. The molecule has 0 bridgehead atoms. The van der Waals surface area contributed by atoms with E-state index in [1.54, 1.807) is 0 Å². The Labute approximate surface area is 150 Å². The summed E-state index contributed by atoms with van der Waals surface area (Å²) in [7, 11) is 0. The minimum atomic E-state index is -4.45. The highest BCUT2D eigenvalue weighted by atomic mass is 19.4. The predicted octanol–water partition coefficient (Wildman–Crippen LogP) is 4.42. The van der Waals surface area contributed by atoms with Gasteiger partial charge in [-0.1, -0.05) is 30.3 Å². The molecule has 1 aromatic carbocycles. The van der Waals surface area contributed by atoms with Crippen molar-refractivity contribution in [1.82, 2.24) is 4.90 Å². The first-order chi connectivity index (χ1) is 12.4. The average Bonchev–Trinajstić information content (AvgIpc) is 3.23. The molecule has 1 aliphatic heterocycles. The van der Waals surface area contributed by atoms with Gasteiger partial charge in [0.2, 0.25) is 5.76 Å². The Kier molecular flexibility index (Phi) is 4.35. The summed E-state index contributed by atoms with van der Waals surface area (Å²) in [6, 6.07) is 12.1. The van der Waals surface area contributed by atoms with Crippen molar-refractivity contribution in [2.24, 2.45) is 11.8 Å². The highest BCUT2D eigenvalue weighted by Gasteiger charge is 2.49. The van der Waals surface area contributed by atoms with Crippen molar-refractivity contribution in [3.05, 3.63) is 59.5 Å². The minimum Gasteiger partial charge on any atom is -0.455 e. The van der Waals surface area contributed by atoms with Gasteiger partial charge >= 0.3 is 6.18 Å². The molecule has 0 spiro atoms. The number of furan rings is 1. The van der Waals surface area contributed by atoms with Crippen molar-refractivity contribution in [2.45, 2.75) is 37.6 Å². The number of likely N-dealkylation sites (tertiary alicyclic amines) is 1. The van der Waals surface area contributed by atoms with Gasteiger partial charge in [0.1, 0.15) is 5.76 Å². The van der Waals surface area contributed by atoms with Crippen LogP contribution in [0.2, 0.25) is 0 Å². The monoisotopic (exact) mass is 365 g/mol. The summed E-state index contributed by atoms with van der Waals surface area (Å²) >= 11 is 0. The van der Waals surface area contributed by atoms with Gasteiger partial charge in [0.05, 0.1) is 12.1 Å². The number of benzene rings is 1. The lowest BCUT2D eigenvalue weighted by Gasteiger charge is -2.41. The molecule has 1 saturated heterocycles. The van der Waals surface area contributed by atoms with Gasteiger partial charge in [-0.05, 0) is 42.9 Å². The molecule has 0 radical (unpaired) electrons. The van der Waals surface area contributed by atoms with E-state index in [2.05, 4.69) is 4.90 Å². The third kappa shape index (κ3) is 3.16. The Bertz CT molecular complexity index is 758. The molecule has 26 heavy (non-hydrogen) atoms. The molecule has 1 aromatic heterocycles. The Morgan fingerprint density at radius 3 is 2.58 bits per heavy atom. The van der Waals surface area contributed by atoms with Gasteiger partial charge in [0.15, 0.2) is 0 Å². The number of rotatable bonds is 3. The average molecular weight is 365 g/mol. The van der Waals surface area contributed by atoms with Crippen molar-refractivity contribution in [1.29, 1.82) is 0 Å². The number of fused-ring (bicyclic) bond motifs is 1. The summed E-state index contributed by atoms with van der Waals surface area (Å²) in [6.07, 6.45) is -1.72. The molecule has 0 amide bonds. The number of hydrogen-bond donors (Lipinski definition) is 1. The lowest BCUT2D eigenvalue weighted by Crippen LogP contribution is -2.42. The van der Waals surface area contributed by atoms with Gasteiger partial charge in [0, 0.05) is 19.0 Å². The third-order valence-corrected chi connectivity index (χ3v) is 5.86. The number of halogens is 3. The minimum absolute atomic E-state index is 0.0932. The highest BCUT2D eigenvalue weighted by molar-refractivity contribution is 5.25. The fourth-order valence-electron chi connectivity index (χ4n) is 4.66. The molecule has 1 aliphatic carbocycles. The molecule has 1 saturated carbocycles. The Hall–Kier alpha value is -1.79. The second kappa shape index (κ2) is 6.43. The van der Waals surface area contributed by atoms with Crippen LogP contribution in [0.3, 0.4) is 0 Å². The molecule has 3 atom stereocenters. The van der Waals surface area contributed by atoms with E-state index in [-0.39, 0.29) is 5.92 Å². The largest absolute Gasteiger partial charge is 0.455 e. The van der Waals surface area contributed by atoms with Crippen LogP contribution in [0, 0.1) is 11.8 Å². The lowest BCUT2D eigenvalue weighted by atomic mass is 9.67. The molecule has 2 heterocycles. The van der Waals surface area contributed by atoms with Crippen LogP contribution < -0.4 is 0 Å². The Morgan fingerprint density at radius 1 is 1.12 bits per heavy atom. The maximum absolute atomic E-state index is 12.7. The van der Waals surface area contributed by atoms with Crippen LogP contribution in [0.15, 0.2) is 46.9 Å². The SMILES string of the molecule is O[C@@]1(c2ccccc2)CCC[C@H]2CN(Cc3ccc(C(F)(F)F)o3)C[C@H]21. The van der Waals surface area contributed by atoms with Crippen LogP contribution in [0.5, 0.6) is 0 Å². The normalized spacial score (nSPS) is 29.7. The molecule has 2 fully saturated rings. The smallest absolute Gasteiger partial charge is 0.449 e. The van der Waals surface area contributed by atoms with Crippen LogP contribution in [0.1, 0.15) is 36.3 Å². The van der Waals surface area contributed by atoms with Crippen molar-refractivity contribution in [3.63, 3.8) is 0 Å². The molecule has 0 unspecified atom stereocenters. The molecule has 140 valence electrons. The Morgan fingerprint density at radius 2 is 1.88 bits per heavy atom. The van der Waals surface area contributed by atoms with Crippen LogP contribution in [-0.4, -0.2) is 23.1 Å². The van der Waals surface area contributed by atoms with Gasteiger partial charge in [0.25, 0.3) is 0 Å². The molecular weight excluding hydrogens is 343 g/mol. The molecule has 6 heteroatoms. The van der Waals surface area contributed by atoms with E-state index in [0.717, 1.165) is 37.4 Å². The zero-order valence-corrected chi connectivity index (χ0v) is 14.4. The lowest BCUT2D eigenvalue weighted by molar-refractivity contribution is -0.153. The highest BCUT2D eigenvalue weighted by Crippen LogP contribution is 2.48. The number of alkyl halides is 3. The summed E-state index contributed by atoms with van der Waals surface area (Å²) in [4.78, 5) is 2.10. The van der Waals surface area contributed by atoms with Crippen LogP contribution in [-0.2, 0) is 18.3 Å². The van der Waals surface area contributed by atoms with Gasteiger partial charge in [-0.15, -0.1) is 0 Å². The summed E-state index contributed by atoms with van der Waals surface area (Å²) in [5, 5.41) is 11.4. The van der Waals surface area contributed by atoms with Gasteiger partial charge in [-0.2, -0.15) is 13.2 Å². The van der Waals surface area contributed by atoms with E-state index in [1.165, 1.54) is 6.07 Å². The number of nitrogens with zero attached hydrogens (tertiary/aromatic N) is 1. The third-order valence-electron chi connectivity index (χ3n) is 5.86. The summed E-state index contributed by atoms with van der Waals surface area (Å²) in [5.74, 6) is -0.189. The fraction of sp³-hybridized carbons (Fsp3) is 0.500. The summed E-state index contributed by atoms with van der Waals surface area (Å²) in [6.45, 7) is 1.79. The van der Waals surface area contributed by atoms with Crippen molar-refractivity contribution in [2.75, 3.05) is 13.1 Å². The van der Waals surface area contributed by atoms with Crippen molar-refractivity contribution in [3.8, 4) is 0 Å². The van der Waals surface area contributed by atoms with Crippen LogP contribution >= 0.6 is 0 Å². The fourth-order valence-corrected chi connectivity index (χ4v) is 4.66. The van der Waals surface area contributed by atoms with E-state index in [0.29, 0.717) is 24.8 Å². The van der Waals surface area contributed by atoms with E-state index in [9.17, 15) is 18.3 Å². The Balaban J connectivity index is 1.50. The maximum Gasteiger partial charge on any atom is 0.449 e. The van der Waals surface area contributed by atoms with Gasteiger partial charge < -0.3 is 9.52 Å². The van der Waals surface area contributed by atoms with Crippen LogP contribution in [0.4, 0.5) is 13.2 Å². The number of hydrogen-bond acceptors (Lipinski definition) is 3. The first kappa shape index (κ1) is 17.6. The molecular formula is C20H22F3NO2. The van der Waals surface area contributed by atoms with Gasteiger partial charge in [-0.25, -0.2) is 0 Å². The van der Waals surface area contributed by atoms with E-state index < -0.39 is 17.5 Å². The van der Waals surface area contributed by atoms with Crippen molar-refractivity contribution >= 4 is 0 Å². The summed E-state index contributed by atoms with van der Waals surface area (Å²) < 4.78 is 43.1. The topological polar surface area (TPSA) is 36.6 Å². The number of aliphatic hydroxyl groups is 1. The van der Waals surface area contributed by atoms with E-state index >= 15 is 0 Å². The predicted molar refractivity (Wildman–Crippen MR) is 90.2 cm³/mol. The molecule has 3 nitrogen and oxygen atoms in total. The second-order valence-electron chi connectivity index (χ2n) is 7.51. The molecule has 2 aromatic rings. The molecule has 2 aliphatic rings. The van der Waals surface area contributed by atoms with Crippen molar-refractivity contribution < 1.29 is 22.7 Å². The van der Waals surface area contributed by atoms with E-state index in [4.69, 9.17) is 4.42 Å². The second-order valence-corrected chi connectivity index (χ2v) is 7.51. The maximum atomic E-state index is 12.7. The van der Waals surface area contributed by atoms with E-state index in [1.807, 2.05) is 30.3 Å². The van der Waals surface area contributed by atoms with Crippen LogP contribution in [0.25, 0.3) is 0 Å². The molecule has 1 N–H and O–H groups in total. The zero-order chi connectivity index (χ0) is 18.4.